The van der Waals surface area contributed by atoms with E-state index in [0.29, 0.717) is 42.6 Å². The molecule has 10 heteroatoms. The number of nitrogens with one attached hydrogen (secondary N) is 1. The molecule has 1 aliphatic rings. The van der Waals surface area contributed by atoms with Gasteiger partial charge in [-0.2, -0.15) is 0 Å². The van der Waals surface area contributed by atoms with Crippen molar-refractivity contribution in [2.45, 2.75) is 58.8 Å². The van der Waals surface area contributed by atoms with E-state index in [9.17, 15) is 4.79 Å². The van der Waals surface area contributed by atoms with Gasteiger partial charge in [0.15, 0.2) is 51.8 Å². The maximum Gasteiger partial charge on any atom is 0.161 e. The molecular weight excluding hydrogens is 843 g/mol. The number of fused-ring (bicyclic) bond motifs is 1. The summed E-state index contributed by atoms with van der Waals surface area (Å²) in [6.07, 6.45) is 10.7. The van der Waals surface area contributed by atoms with Gasteiger partial charge in [0.2, 0.25) is 0 Å². The van der Waals surface area contributed by atoms with E-state index in [1.54, 1.807) is 48.7 Å². The van der Waals surface area contributed by atoms with Gasteiger partial charge in [-0.1, -0.05) is 85.0 Å². The van der Waals surface area contributed by atoms with E-state index < -0.39 is 0 Å². The molecule has 6 aromatic rings. The summed E-state index contributed by atoms with van der Waals surface area (Å²) in [6, 6.07) is 38.2. The molecule has 0 spiro atoms. The van der Waals surface area contributed by atoms with Crippen molar-refractivity contribution in [1.82, 2.24) is 5.32 Å². The maximum absolute atomic E-state index is 12.4. The van der Waals surface area contributed by atoms with Crippen molar-refractivity contribution in [1.29, 1.82) is 0 Å². The van der Waals surface area contributed by atoms with Crippen molar-refractivity contribution in [2.24, 2.45) is 0 Å². The second kappa shape index (κ2) is 24.9. The van der Waals surface area contributed by atoms with Crippen LogP contribution in [0, 0.1) is 13.8 Å². The highest BCUT2D eigenvalue weighted by molar-refractivity contribution is 5.93. The topological polar surface area (TPSA) is 103 Å². The fourth-order valence-corrected chi connectivity index (χ4v) is 7.78. The minimum absolute atomic E-state index is 0.0818. The quantitative estimate of drug-likeness (QED) is 0.0745. The Morgan fingerprint density at radius 2 is 1.06 bits per heavy atom. The number of ketones is 1. The Kier molecular flexibility index (Phi) is 18.3. The Labute approximate surface area is 396 Å². The fourth-order valence-electron chi connectivity index (χ4n) is 7.78. The molecule has 1 heterocycles. The highest BCUT2D eigenvalue weighted by atomic mass is 16.5. The molecule has 6 aromatic carbocycles. The summed E-state index contributed by atoms with van der Waals surface area (Å²) in [4.78, 5) is 12.4. The molecule has 1 atom stereocenters. The summed E-state index contributed by atoms with van der Waals surface area (Å²) in [7, 11) is 9.84. The van der Waals surface area contributed by atoms with E-state index >= 15 is 0 Å². The molecule has 0 aromatic heterocycles. The lowest BCUT2D eigenvalue weighted by molar-refractivity contribution is -0.114. The molecule has 67 heavy (non-hydrogen) atoms. The van der Waals surface area contributed by atoms with Gasteiger partial charge in [-0.25, -0.2) is 0 Å². The number of benzene rings is 6. The van der Waals surface area contributed by atoms with Crippen LogP contribution in [0.1, 0.15) is 69.0 Å². The zero-order valence-electron chi connectivity index (χ0n) is 40.0. The van der Waals surface area contributed by atoms with E-state index in [0.717, 1.165) is 87.7 Å². The highest BCUT2D eigenvalue weighted by Crippen LogP contribution is 2.38. The number of allylic oxidation sites excluding steroid dienone is 1. The molecule has 0 amide bonds. The number of rotatable bonds is 20. The molecule has 0 saturated carbocycles. The molecule has 1 aliphatic heterocycles. The number of carbonyl (C=O) groups excluding carboxylic acids is 1. The van der Waals surface area contributed by atoms with Gasteiger partial charge >= 0.3 is 0 Å². The molecule has 0 aliphatic carbocycles. The molecule has 7 rings (SSSR count). The van der Waals surface area contributed by atoms with Gasteiger partial charge < -0.3 is 43.2 Å². The van der Waals surface area contributed by atoms with Gasteiger partial charge in [0.05, 0.1) is 48.7 Å². The van der Waals surface area contributed by atoms with E-state index in [1.165, 1.54) is 11.1 Å². The number of hydrogen-bond acceptors (Lipinski definition) is 10. The predicted molar refractivity (Wildman–Crippen MR) is 267 cm³/mol. The average Bonchev–Trinajstić information content (AvgIpc) is 3.36. The third-order valence-electron chi connectivity index (χ3n) is 11.6. The minimum atomic E-state index is 0.0818. The summed E-state index contributed by atoms with van der Waals surface area (Å²) >= 11 is 0. The average molecular weight is 906 g/mol. The zero-order chi connectivity index (χ0) is 47.5. The van der Waals surface area contributed by atoms with E-state index in [2.05, 4.69) is 48.7 Å². The van der Waals surface area contributed by atoms with Crippen LogP contribution in [-0.2, 0) is 30.8 Å². The minimum Gasteiger partial charge on any atom is -0.493 e. The fraction of sp³-hybridized carbons (Fsp3) is 0.281. The van der Waals surface area contributed by atoms with Crippen LogP contribution in [0.4, 0.5) is 0 Å². The van der Waals surface area contributed by atoms with Crippen molar-refractivity contribution in [3.63, 3.8) is 0 Å². The standard InChI is InChI=1S/C29H32O5.C28H31NO4/c1-21-17-27(32-3)28(33-4)19-24(21)14-15-25(30)12-8-11-22-13-16-26(31-2)29(18-22)34-20-23-9-6-5-7-10-23;1-19-14-25(30-2)26(31-3)15-21(19)10-11-24-23-17-27(32-4)28(16-22(23)12-13-29-24)33-18-20-8-6-5-7-9-20/h5-7,9-10,13-19H,8,11-12,20H2,1-4H3;5-11,14-17,24,29H,12-13,18H2,1-4H3/b15-14+;11-10+. The Bertz CT molecular complexity index is 2610. The first-order valence-electron chi connectivity index (χ1n) is 22.5. The van der Waals surface area contributed by atoms with Crippen molar-refractivity contribution in [2.75, 3.05) is 49.2 Å². The van der Waals surface area contributed by atoms with Crippen molar-refractivity contribution in [3.8, 4) is 46.0 Å². The van der Waals surface area contributed by atoms with Crippen LogP contribution in [0.2, 0.25) is 0 Å². The molecule has 0 saturated heterocycles. The van der Waals surface area contributed by atoms with Crippen LogP contribution in [0.5, 0.6) is 46.0 Å². The number of carbonyl (C=O) groups is 1. The van der Waals surface area contributed by atoms with Gasteiger partial charge in [-0.05, 0) is 138 Å². The monoisotopic (exact) mass is 905 g/mol. The molecule has 350 valence electrons. The number of aryl methyl sites for hydroxylation is 3. The van der Waals surface area contributed by atoms with Crippen molar-refractivity contribution in [3.05, 3.63) is 177 Å². The summed E-state index contributed by atoms with van der Waals surface area (Å²) < 4.78 is 44.8. The zero-order valence-corrected chi connectivity index (χ0v) is 40.0. The van der Waals surface area contributed by atoms with Gasteiger partial charge in [0, 0.05) is 13.0 Å². The largest absolute Gasteiger partial charge is 0.493 e. The third-order valence-corrected chi connectivity index (χ3v) is 11.6. The molecule has 0 radical (unpaired) electrons. The Morgan fingerprint density at radius 1 is 0.552 bits per heavy atom. The Balaban J connectivity index is 0.000000221. The normalized spacial score (nSPS) is 13.0. The highest BCUT2D eigenvalue weighted by Gasteiger charge is 2.22. The number of hydrogen-bond donors (Lipinski definition) is 1. The van der Waals surface area contributed by atoms with E-state index in [1.807, 2.05) is 104 Å². The summed E-state index contributed by atoms with van der Waals surface area (Å²) in [5, 5.41) is 3.61. The van der Waals surface area contributed by atoms with Gasteiger partial charge in [-0.3, -0.25) is 4.79 Å². The molecule has 10 nitrogen and oxygen atoms in total. The molecule has 0 fully saturated rings. The lowest BCUT2D eigenvalue weighted by atomic mass is 9.92. The molecule has 0 bridgehead atoms. The van der Waals surface area contributed by atoms with Crippen molar-refractivity contribution < 1.29 is 42.7 Å². The second-order valence-corrected chi connectivity index (χ2v) is 16.1. The second-order valence-electron chi connectivity index (χ2n) is 16.1. The van der Waals surface area contributed by atoms with Gasteiger partial charge in [0.25, 0.3) is 0 Å². The van der Waals surface area contributed by atoms with Gasteiger partial charge in [0.1, 0.15) is 13.2 Å². The van der Waals surface area contributed by atoms with Crippen molar-refractivity contribution >= 4 is 17.9 Å². The van der Waals surface area contributed by atoms with Crippen LogP contribution >= 0.6 is 0 Å². The number of ether oxygens (including phenoxy) is 8. The van der Waals surface area contributed by atoms with Crippen LogP contribution in [0.15, 0.2) is 127 Å². The molecule has 1 unspecified atom stereocenters. The van der Waals surface area contributed by atoms with Crippen LogP contribution in [0.3, 0.4) is 0 Å². The van der Waals surface area contributed by atoms with E-state index in [4.69, 9.17) is 37.9 Å². The first kappa shape index (κ1) is 49.3. The molecule has 1 N–H and O–H groups in total. The first-order chi connectivity index (χ1) is 32.7. The summed E-state index contributed by atoms with van der Waals surface area (Å²) in [5.74, 6) is 5.79. The smallest absolute Gasteiger partial charge is 0.161 e. The van der Waals surface area contributed by atoms with Crippen LogP contribution in [-0.4, -0.2) is 55.0 Å². The predicted octanol–water partition coefficient (Wildman–Crippen LogP) is 11.7. The first-order valence-corrected chi connectivity index (χ1v) is 22.5. The Morgan fingerprint density at radius 3 is 1.61 bits per heavy atom. The summed E-state index contributed by atoms with van der Waals surface area (Å²) in [5.41, 5.74) is 9.98. The summed E-state index contributed by atoms with van der Waals surface area (Å²) in [6.45, 7) is 5.93. The number of methoxy groups -OCH3 is 6. The maximum atomic E-state index is 12.4. The van der Waals surface area contributed by atoms with E-state index in [-0.39, 0.29) is 11.8 Å². The SMILES string of the molecule is COc1cc(C)c(/C=C/C(=O)CCCc2ccc(OC)c(OCc3ccccc3)c2)cc1OC.COc1cc(C)c(/C=C/C2NCCc3cc(OCc4ccccc4)c(OC)cc32)cc1OC. The lowest BCUT2D eigenvalue weighted by Gasteiger charge is -2.26. The molecular formula is C57H63NO9. The Hall–Kier alpha value is -7.17. The van der Waals surface area contributed by atoms with Crippen LogP contribution < -0.4 is 43.2 Å². The van der Waals surface area contributed by atoms with Gasteiger partial charge in [-0.15, -0.1) is 0 Å². The third kappa shape index (κ3) is 13.7. The lowest BCUT2D eigenvalue weighted by Crippen LogP contribution is -2.28. The van der Waals surface area contributed by atoms with Crippen LogP contribution in [0.25, 0.3) is 12.2 Å².